The highest BCUT2D eigenvalue weighted by Gasteiger charge is 2.38. The SMILES string of the molecule is COc1ccc(C(NN)C2CCC(F)(F)CC2)c(OC)c1. The number of benzene rings is 1. The third-order valence-electron chi connectivity index (χ3n) is 4.19. The van der Waals surface area contributed by atoms with Gasteiger partial charge in [0.05, 0.1) is 20.3 Å². The number of nitrogens with two attached hydrogens (primary N) is 1. The Morgan fingerprint density at radius 2 is 1.90 bits per heavy atom. The number of methoxy groups -OCH3 is 2. The van der Waals surface area contributed by atoms with Crippen LogP contribution >= 0.6 is 0 Å². The van der Waals surface area contributed by atoms with Gasteiger partial charge in [-0.15, -0.1) is 0 Å². The molecule has 6 heteroatoms. The molecule has 3 N–H and O–H groups in total. The van der Waals surface area contributed by atoms with E-state index in [4.69, 9.17) is 15.3 Å². The van der Waals surface area contributed by atoms with Crippen LogP contribution in [0.4, 0.5) is 8.78 Å². The fraction of sp³-hybridized carbons (Fsp3) is 0.600. The first-order chi connectivity index (χ1) is 10.0. The van der Waals surface area contributed by atoms with Crippen LogP contribution in [0.1, 0.15) is 37.3 Å². The first kappa shape index (κ1) is 16.0. The molecule has 0 aliphatic heterocycles. The van der Waals surface area contributed by atoms with Gasteiger partial charge in [-0.25, -0.2) is 8.78 Å². The molecule has 0 amide bonds. The highest BCUT2D eigenvalue weighted by molar-refractivity contribution is 5.42. The van der Waals surface area contributed by atoms with Crippen molar-refractivity contribution in [3.63, 3.8) is 0 Å². The van der Waals surface area contributed by atoms with Crippen LogP contribution in [-0.2, 0) is 0 Å². The van der Waals surface area contributed by atoms with Crippen molar-refractivity contribution in [2.24, 2.45) is 11.8 Å². The van der Waals surface area contributed by atoms with Crippen LogP contribution in [0.25, 0.3) is 0 Å². The Morgan fingerprint density at radius 1 is 1.24 bits per heavy atom. The van der Waals surface area contributed by atoms with Crippen molar-refractivity contribution >= 4 is 0 Å². The van der Waals surface area contributed by atoms with Gasteiger partial charge in [-0.3, -0.25) is 11.3 Å². The molecule has 0 spiro atoms. The van der Waals surface area contributed by atoms with Crippen molar-refractivity contribution in [2.45, 2.75) is 37.6 Å². The lowest BCUT2D eigenvalue weighted by molar-refractivity contribution is -0.0498. The van der Waals surface area contributed by atoms with Crippen LogP contribution in [0.3, 0.4) is 0 Å². The topological polar surface area (TPSA) is 56.5 Å². The van der Waals surface area contributed by atoms with E-state index in [-0.39, 0.29) is 24.8 Å². The van der Waals surface area contributed by atoms with E-state index in [2.05, 4.69) is 5.43 Å². The lowest BCUT2D eigenvalue weighted by atomic mass is 9.79. The van der Waals surface area contributed by atoms with Crippen molar-refractivity contribution in [2.75, 3.05) is 14.2 Å². The summed E-state index contributed by atoms with van der Waals surface area (Å²) in [6.07, 6.45) is 0.705. The Morgan fingerprint density at radius 3 is 2.43 bits per heavy atom. The molecule has 1 atom stereocenters. The zero-order valence-corrected chi connectivity index (χ0v) is 12.4. The summed E-state index contributed by atoms with van der Waals surface area (Å²) in [5.74, 6) is 4.53. The monoisotopic (exact) mass is 300 g/mol. The second-order valence-electron chi connectivity index (χ2n) is 5.45. The smallest absolute Gasteiger partial charge is 0.248 e. The molecule has 1 fully saturated rings. The molecule has 21 heavy (non-hydrogen) atoms. The van der Waals surface area contributed by atoms with Crippen LogP contribution in [0.15, 0.2) is 18.2 Å². The largest absolute Gasteiger partial charge is 0.497 e. The highest BCUT2D eigenvalue weighted by Crippen LogP contribution is 2.43. The minimum Gasteiger partial charge on any atom is -0.497 e. The summed E-state index contributed by atoms with van der Waals surface area (Å²) in [5, 5.41) is 0. The summed E-state index contributed by atoms with van der Waals surface area (Å²) < 4.78 is 37.1. The van der Waals surface area contributed by atoms with Crippen LogP contribution in [0.2, 0.25) is 0 Å². The Hall–Kier alpha value is -1.40. The molecule has 0 heterocycles. The van der Waals surface area contributed by atoms with Crippen LogP contribution < -0.4 is 20.7 Å². The van der Waals surface area contributed by atoms with E-state index in [1.54, 1.807) is 20.3 Å². The van der Waals surface area contributed by atoms with E-state index in [1.807, 2.05) is 12.1 Å². The van der Waals surface area contributed by atoms with E-state index >= 15 is 0 Å². The fourth-order valence-electron chi connectivity index (χ4n) is 2.95. The molecule has 1 aromatic rings. The molecule has 0 saturated heterocycles. The number of halogens is 2. The highest BCUT2D eigenvalue weighted by atomic mass is 19.3. The van der Waals surface area contributed by atoms with Crippen LogP contribution in [0.5, 0.6) is 11.5 Å². The number of ether oxygens (including phenoxy) is 2. The lowest BCUT2D eigenvalue weighted by Gasteiger charge is -2.34. The van der Waals surface area contributed by atoms with Gasteiger partial charge in [0, 0.05) is 24.5 Å². The molecule has 1 aliphatic carbocycles. The summed E-state index contributed by atoms with van der Waals surface area (Å²) in [7, 11) is 3.15. The van der Waals surface area contributed by atoms with Gasteiger partial charge in [0.1, 0.15) is 11.5 Å². The van der Waals surface area contributed by atoms with Crippen LogP contribution in [0, 0.1) is 5.92 Å². The average molecular weight is 300 g/mol. The molecule has 2 rings (SSSR count). The van der Waals surface area contributed by atoms with Crippen molar-refractivity contribution < 1.29 is 18.3 Å². The summed E-state index contributed by atoms with van der Waals surface area (Å²) in [5.41, 5.74) is 3.63. The van der Waals surface area contributed by atoms with E-state index in [9.17, 15) is 8.78 Å². The van der Waals surface area contributed by atoms with E-state index in [0.29, 0.717) is 24.3 Å². The summed E-state index contributed by atoms with van der Waals surface area (Å²) in [4.78, 5) is 0. The van der Waals surface area contributed by atoms with Gasteiger partial charge >= 0.3 is 0 Å². The molecule has 1 aromatic carbocycles. The normalized spacial score (nSPS) is 20.0. The second kappa shape index (κ2) is 6.58. The standard InChI is InChI=1S/C15H22F2N2O2/c1-20-11-3-4-12(13(9-11)21-2)14(19-18)10-5-7-15(16,17)8-6-10/h3-4,9-10,14,19H,5-8,18H2,1-2H3. The van der Waals surface area contributed by atoms with Gasteiger partial charge < -0.3 is 9.47 Å². The number of rotatable bonds is 5. The molecule has 118 valence electrons. The second-order valence-corrected chi connectivity index (χ2v) is 5.45. The molecular formula is C15H22F2N2O2. The summed E-state index contributed by atoms with van der Waals surface area (Å²) in [6, 6.07) is 5.26. The lowest BCUT2D eigenvalue weighted by Crippen LogP contribution is -2.37. The molecule has 1 aliphatic rings. The van der Waals surface area contributed by atoms with Crippen molar-refractivity contribution in [1.82, 2.24) is 5.43 Å². The van der Waals surface area contributed by atoms with Gasteiger partial charge in [0.15, 0.2) is 0 Å². The van der Waals surface area contributed by atoms with Gasteiger partial charge in [0.2, 0.25) is 5.92 Å². The molecule has 1 saturated carbocycles. The van der Waals surface area contributed by atoms with Crippen LogP contribution in [-0.4, -0.2) is 20.1 Å². The Kier molecular flexibility index (Phi) is 5.00. The van der Waals surface area contributed by atoms with E-state index < -0.39 is 5.92 Å². The number of hydrazine groups is 1. The Bertz CT molecular complexity index is 473. The van der Waals surface area contributed by atoms with Crippen molar-refractivity contribution in [1.29, 1.82) is 0 Å². The maximum absolute atomic E-state index is 13.3. The maximum Gasteiger partial charge on any atom is 0.248 e. The Labute approximate surface area is 123 Å². The predicted octanol–water partition coefficient (Wildman–Crippen LogP) is 3.03. The van der Waals surface area contributed by atoms with Gasteiger partial charge in [0.25, 0.3) is 0 Å². The summed E-state index contributed by atoms with van der Waals surface area (Å²) in [6.45, 7) is 0. The van der Waals surface area contributed by atoms with Gasteiger partial charge in [-0.05, 0) is 24.8 Å². The third-order valence-corrected chi connectivity index (χ3v) is 4.19. The molecular weight excluding hydrogens is 278 g/mol. The Balaban J connectivity index is 2.21. The zero-order chi connectivity index (χ0) is 15.5. The minimum absolute atomic E-state index is 0.0666. The van der Waals surface area contributed by atoms with Gasteiger partial charge in [-0.2, -0.15) is 0 Å². The average Bonchev–Trinajstić information content (AvgIpc) is 2.49. The predicted molar refractivity (Wildman–Crippen MR) is 76.5 cm³/mol. The molecule has 0 radical (unpaired) electrons. The van der Waals surface area contributed by atoms with E-state index in [0.717, 1.165) is 5.56 Å². The first-order valence-electron chi connectivity index (χ1n) is 7.06. The van der Waals surface area contributed by atoms with E-state index in [1.165, 1.54) is 0 Å². The molecule has 0 aromatic heterocycles. The molecule has 4 nitrogen and oxygen atoms in total. The maximum atomic E-state index is 13.3. The molecule has 1 unspecified atom stereocenters. The number of hydrogen-bond acceptors (Lipinski definition) is 4. The first-order valence-corrected chi connectivity index (χ1v) is 7.06. The zero-order valence-electron chi connectivity index (χ0n) is 12.4. The number of hydrogen-bond donors (Lipinski definition) is 2. The number of nitrogens with one attached hydrogen (secondary N) is 1. The minimum atomic E-state index is -2.54. The van der Waals surface area contributed by atoms with Crippen molar-refractivity contribution in [3.05, 3.63) is 23.8 Å². The molecule has 0 bridgehead atoms. The van der Waals surface area contributed by atoms with Crippen molar-refractivity contribution in [3.8, 4) is 11.5 Å². The quantitative estimate of drug-likeness (QED) is 0.648. The fourth-order valence-corrected chi connectivity index (χ4v) is 2.95. The third kappa shape index (κ3) is 3.63. The number of alkyl halides is 2. The summed E-state index contributed by atoms with van der Waals surface area (Å²) >= 11 is 0. The van der Waals surface area contributed by atoms with Gasteiger partial charge in [-0.1, -0.05) is 6.07 Å².